The van der Waals surface area contributed by atoms with Crippen molar-refractivity contribution in [3.63, 3.8) is 0 Å². The van der Waals surface area contributed by atoms with Gasteiger partial charge in [0.25, 0.3) is 5.91 Å². The molecule has 4 rings (SSSR count). The zero-order valence-electron chi connectivity index (χ0n) is 47.7. The number of amides is 8. The molecule has 466 valence electrons. The molecule has 0 radical (unpaired) electrons. The van der Waals surface area contributed by atoms with Crippen LogP contribution in [0.3, 0.4) is 0 Å². The number of nitrogens with one attached hydrogen (secondary N) is 4. The number of benzene rings is 3. The maximum Gasteiger partial charge on any atom is 0.326 e. The number of aliphatic hydroxyl groups excluding tert-OH is 1. The van der Waals surface area contributed by atoms with Gasteiger partial charge in [0, 0.05) is 99.2 Å². The first kappa shape index (κ1) is 70.6. The molecule has 26 nitrogen and oxygen atoms in total. The van der Waals surface area contributed by atoms with Crippen LogP contribution in [0.15, 0.2) is 72.8 Å². The van der Waals surface area contributed by atoms with Gasteiger partial charge in [-0.2, -0.15) is 0 Å². The molecular weight excluding hydrogens is 1230 g/mol. The van der Waals surface area contributed by atoms with E-state index >= 15 is 0 Å². The number of aliphatic carboxylic acids is 2. The maximum absolute atomic E-state index is 13.9. The summed E-state index contributed by atoms with van der Waals surface area (Å²) in [5, 5.41) is 48.0. The quantitative estimate of drug-likeness (QED) is 0.0167. The summed E-state index contributed by atoms with van der Waals surface area (Å²) < 4.78 is 1.02. The molecule has 1 aliphatic rings. The van der Waals surface area contributed by atoms with Crippen molar-refractivity contribution in [2.75, 3.05) is 83.9 Å². The molecular formula is C57H82IN13O13S. The Hall–Kier alpha value is -6.93. The van der Waals surface area contributed by atoms with Gasteiger partial charge in [0.05, 0.1) is 31.2 Å². The second kappa shape index (κ2) is 37.5. The topological polar surface area (TPSA) is 403 Å². The lowest BCUT2D eigenvalue weighted by Gasteiger charge is -2.38. The number of carbonyl (C=O) groups excluding carboxylic acids is 7. The Kier molecular flexibility index (Phi) is 31.1. The van der Waals surface area contributed by atoms with Gasteiger partial charge in [0.1, 0.15) is 12.1 Å². The Morgan fingerprint density at radius 2 is 1.12 bits per heavy atom. The number of halogens is 1. The summed E-state index contributed by atoms with van der Waals surface area (Å²) in [4.78, 5) is 121. The molecule has 1 unspecified atom stereocenters. The number of nitrogens with two attached hydrogens (primary N) is 4. The molecule has 8 amide bonds. The predicted octanol–water partition coefficient (Wildman–Crippen LogP) is 0.480. The summed E-state index contributed by atoms with van der Waals surface area (Å²) in [5.41, 5.74) is 26.3. The number of hydrogen-bond acceptors (Lipinski definition) is 16. The van der Waals surface area contributed by atoms with Crippen LogP contribution in [0.25, 0.3) is 0 Å². The molecule has 85 heavy (non-hydrogen) atoms. The minimum atomic E-state index is -1.78. The minimum Gasteiger partial charge on any atom is -0.480 e. The van der Waals surface area contributed by atoms with Crippen molar-refractivity contribution in [2.45, 2.75) is 108 Å². The number of unbranched alkanes of at least 4 members (excludes halogenated alkanes) is 3. The van der Waals surface area contributed by atoms with Gasteiger partial charge >= 0.3 is 18.0 Å². The molecule has 0 saturated carbocycles. The summed E-state index contributed by atoms with van der Waals surface area (Å²) in [6.07, 6.45) is 1.76. The van der Waals surface area contributed by atoms with Gasteiger partial charge in [-0.3, -0.25) is 48.4 Å². The third-order valence-electron chi connectivity index (χ3n) is 14.0. The van der Waals surface area contributed by atoms with Crippen molar-refractivity contribution < 1.29 is 63.6 Å². The van der Waals surface area contributed by atoms with Crippen LogP contribution < -0.4 is 44.2 Å². The molecule has 1 saturated heterocycles. The van der Waals surface area contributed by atoms with E-state index in [1.165, 1.54) is 0 Å². The molecule has 0 aliphatic carbocycles. The fraction of sp³-hybridized carbons (Fsp3) is 0.509. The second-order valence-electron chi connectivity index (χ2n) is 21.1. The molecule has 0 spiro atoms. The Balaban J connectivity index is 1.25. The molecule has 1 heterocycles. The third kappa shape index (κ3) is 28.7. The molecule has 3 aromatic rings. The first-order chi connectivity index (χ1) is 40.4. The number of rotatable bonds is 34. The molecule has 0 bridgehead atoms. The van der Waals surface area contributed by atoms with Crippen LogP contribution in [-0.2, 0) is 53.1 Å². The average Bonchev–Trinajstić information content (AvgIpc) is 3.65. The summed E-state index contributed by atoms with van der Waals surface area (Å²) in [6.45, 7) is 3.20. The zero-order valence-corrected chi connectivity index (χ0v) is 50.7. The number of primary amides is 4. The van der Waals surface area contributed by atoms with Crippen molar-refractivity contribution in [2.24, 2.45) is 22.9 Å². The smallest absolute Gasteiger partial charge is 0.326 e. The van der Waals surface area contributed by atoms with Crippen molar-refractivity contribution in [3.8, 4) is 0 Å². The molecule has 1 fully saturated rings. The number of carboxylic acid groups (broad SMARTS) is 2. The summed E-state index contributed by atoms with van der Waals surface area (Å²) in [6, 6.07) is 18.1. The van der Waals surface area contributed by atoms with Crippen LogP contribution in [0.5, 0.6) is 0 Å². The number of aliphatic hydroxyl groups is 2. The Labute approximate surface area is 513 Å². The number of urea groups is 1. The van der Waals surface area contributed by atoms with Crippen LogP contribution in [0.2, 0.25) is 0 Å². The standard InChI is InChI=1S/C57H82IN13O13S/c58-42-17-11-40(12-18-42)32-71(23-5-4-6-45(55(80)81)65-57(84)66-46(56(82)83)21-22-53(77)78)54(79)41-15-9-39(10-16-41)31-63-51(76)7-2-1-3-8-52(85)64-43-19-13-38(14-20-43)30-44-33-69(36-49(61)74)27-26-67(34-47(59)72)24-25-68(35-48(60)73)28-29-70(44)37-50(62)75/h9-20,44-46,53,77-78H,1-8,21-37H2,(H2,59,72)(H2,60,73)(H2,61,74)(H2,62,75)(H,63,76)(H,64,85)(H,80,81)(H,82,83)(H2,65,66,84)/t44?,45-,46-/m1/s1. The van der Waals surface area contributed by atoms with Gasteiger partial charge in [-0.1, -0.05) is 55.0 Å². The summed E-state index contributed by atoms with van der Waals surface area (Å²) in [7, 11) is 0. The lowest BCUT2D eigenvalue weighted by atomic mass is 10.0. The number of carboxylic acids is 2. The highest BCUT2D eigenvalue weighted by Crippen LogP contribution is 2.19. The molecule has 3 aromatic carbocycles. The normalized spacial score (nSPS) is 15.5. The Morgan fingerprint density at radius 1 is 0.600 bits per heavy atom. The number of thiocarbonyl (C=S) groups is 1. The van der Waals surface area contributed by atoms with Crippen molar-refractivity contribution in [1.29, 1.82) is 0 Å². The van der Waals surface area contributed by atoms with E-state index in [1.54, 1.807) is 29.2 Å². The van der Waals surface area contributed by atoms with Crippen LogP contribution in [0, 0.1) is 3.57 Å². The first-order valence-electron chi connectivity index (χ1n) is 28.1. The first-order valence-corrected chi connectivity index (χ1v) is 29.6. The van der Waals surface area contributed by atoms with Gasteiger partial charge in [0.15, 0.2) is 6.29 Å². The van der Waals surface area contributed by atoms with Gasteiger partial charge in [-0.25, -0.2) is 14.4 Å². The number of hydrogen-bond donors (Lipinski definition) is 12. The molecule has 16 N–H and O–H groups in total. The molecule has 28 heteroatoms. The van der Waals surface area contributed by atoms with E-state index in [2.05, 4.69) is 43.9 Å². The number of nitrogens with zero attached hydrogens (tertiary/aromatic N) is 5. The zero-order chi connectivity index (χ0) is 62.4. The predicted molar refractivity (Wildman–Crippen MR) is 329 cm³/mol. The van der Waals surface area contributed by atoms with Crippen LogP contribution in [0.4, 0.5) is 10.5 Å². The lowest BCUT2D eigenvalue weighted by molar-refractivity contribution is -0.140. The molecule has 1 aliphatic heterocycles. The van der Waals surface area contributed by atoms with Crippen LogP contribution >= 0.6 is 34.8 Å². The van der Waals surface area contributed by atoms with Crippen molar-refractivity contribution in [1.82, 2.24) is 40.4 Å². The van der Waals surface area contributed by atoms with E-state index in [4.69, 9.17) is 45.4 Å². The fourth-order valence-electron chi connectivity index (χ4n) is 9.58. The van der Waals surface area contributed by atoms with E-state index in [9.17, 15) is 53.4 Å². The van der Waals surface area contributed by atoms with Gasteiger partial charge in [0.2, 0.25) is 29.5 Å². The Bertz CT molecular complexity index is 2690. The summed E-state index contributed by atoms with van der Waals surface area (Å²) >= 11 is 7.85. The number of carbonyl (C=O) groups is 9. The van der Waals surface area contributed by atoms with Gasteiger partial charge in [-0.05, 0) is 127 Å². The highest BCUT2D eigenvalue weighted by molar-refractivity contribution is 14.1. The van der Waals surface area contributed by atoms with E-state index in [0.29, 0.717) is 88.5 Å². The monoisotopic (exact) mass is 1320 g/mol. The molecule has 0 aromatic heterocycles. The second-order valence-corrected chi connectivity index (χ2v) is 22.8. The minimum absolute atomic E-state index is 0.0177. The van der Waals surface area contributed by atoms with Crippen LogP contribution in [-0.4, -0.2) is 206 Å². The highest BCUT2D eigenvalue weighted by atomic mass is 127. The summed E-state index contributed by atoms with van der Waals surface area (Å²) in [5.74, 6) is -5.26. The van der Waals surface area contributed by atoms with Crippen LogP contribution in [0.1, 0.15) is 91.3 Å². The van der Waals surface area contributed by atoms with E-state index in [1.807, 2.05) is 68.1 Å². The van der Waals surface area contributed by atoms with E-state index in [-0.39, 0.29) is 89.4 Å². The van der Waals surface area contributed by atoms with Crippen molar-refractivity contribution >= 4 is 98.9 Å². The maximum atomic E-state index is 13.9. The van der Waals surface area contributed by atoms with Crippen molar-refractivity contribution in [3.05, 3.63) is 98.6 Å². The van der Waals surface area contributed by atoms with Gasteiger partial charge < -0.3 is 69.5 Å². The largest absolute Gasteiger partial charge is 0.480 e. The van der Waals surface area contributed by atoms with E-state index in [0.717, 1.165) is 38.8 Å². The van der Waals surface area contributed by atoms with E-state index < -0.39 is 60.0 Å². The molecule has 3 atom stereocenters. The third-order valence-corrected chi connectivity index (χ3v) is 15.0. The fourth-order valence-corrected chi connectivity index (χ4v) is 10.2. The SMILES string of the molecule is NC(=O)CN1CCN(CC(N)=O)CCN(CC(N)=O)C(Cc2ccc(NC(=S)CCCCCC(=O)NCc3ccc(C(=O)N(CCCC[C@@H](NC(=O)N[C@H](CCC(O)O)C(=O)O)C(=O)O)Cc4ccc(I)cc4)cc3)cc2)CN(CC(N)=O)CC1. The number of anilines is 1. The highest BCUT2D eigenvalue weighted by Gasteiger charge is 2.28. The van der Waals surface area contributed by atoms with Gasteiger partial charge in [-0.15, -0.1) is 0 Å². The average molecular weight is 1320 g/mol. The lowest BCUT2D eigenvalue weighted by Crippen LogP contribution is -2.54. The Morgan fingerprint density at radius 3 is 1.68 bits per heavy atom.